The highest BCUT2D eigenvalue weighted by molar-refractivity contribution is 5.92. The summed E-state index contributed by atoms with van der Waals surface area (Å²) in [6.07, 6.45) is 1.58. The molecule has 3 aromatic rings. The van der Waals surface area contributed by atoms with Gasteiger partial charge in [0.05, 0.1) is 18.3 Å². The van der Waals surface area contributed by atoms with Crippen LogP contribution in [-0.2, 0) is 0 Å². The van der Waals surface area contributed by atoms with Crippen molar-refractivity contribution in [2.75, 3.05) is 12.4 Å². The number of fused-ring (bicyclic) bond motifs is 1. The number of para-hydroxylation sites is 2. The summed E-state index contributed by atoms with van der Waals surface area (Å²) in [7, 11) is 1.68. The maximum absolute atomic E-state index is 5.48. The Labute approximate surface area is 123 Å². The van der Waals surface area contributed by atoms with E-state index in [1.165, 1.54) is 0 Å². The molecule has 106 valence electrons. The highest BCUT2D eigenvalue weighted by atomic mass is 16.5. The predicted octanol–water partition coefficient (Wildman–Crippen LogP) is 4.00. The van der Waals surface area contributed by atoms with E-state index in [1.807, 2.05) is 50.2 Å². The van der Waals surface area contributed by atoms with Gasteiger partial charge in [0, 0.05) is 5.39 Å². The molecule has 0 unspecified atom stereocenters. The Bertz CT molecular complexity index is 799. The van der Waals surface area contributed by atoms with Gasteiger partial charge in [0.1, 0.15) is 17.9 Å². The second kappa shape index (κ2) is 5.40. The largest absolute Gasteiger partial charge is 0.494 e. The van der Waals surface area contributed by atoms with Crippen LogP contribution >= 0.6 is 0 Å². The van der Waals surface area contributed by atoms with E-state index in [0.717, 1.165) is 39.3 Å². The second-order valence-corrected chi connectivity index (χ2v) is 4.97. The van der Waals surface area contributed by atoms with Crippen LogP contribution in [0.4, 0.5) is 11.5 Å². The van der Waals surface area contributed by atoms with Gasteiger partial charge in [0.15, 0.2) is 0 Å². The summed E-state index contributed by atoms with van der Waals surface area (Å²) >= 11 is 0. The molecule has 0 fully saturated rings. The van der Waals surface area contributed by atoms with Crippen molar-refractivity contribution >= 4 is 22.4 Å². The zero-order valence-corrected chi connectivity index (χ0v) is 12.3. The molecule has 0 amide bonds. The fourth-order valence-corrected chi connectivity index (χ4v) is 2.48. The lowest BCUT2D eigenvalue weighted by Gasteiger charge is -2.14. The quantitative estimate of drug-likeness (QED) is 0.787. The molecular formula is C17H17N3O. The van der Waals surface area contributed by atoms with Crippen molar-refractivity contribution in [3.8, 4) is 5.75 Å². The minimum Gasteiger partial charge on any atom is -0.494 e. The van der Waals surface area contributed by atoms with Crippen LogP contribution in [0.3, 0.4) is 0 Å². The Kier molecular flexibility index (Phi) is 3.44. The highest BCUT2D eigenvalue weighted by Crippen LogP contribution is 2.32. The lowest BCUT2D eigenvalue weighted by Crippen LogP contribution is -2.00. The number of aryl methyl sites for hydroxylation is 2. The smallest absolute Gasteiger partial charge is 0.145 e. The second-order valence-electron chi connectivity index (χ2n) is 4.97. The molecule has 3 rings (SSSR count). The van der Waals surface area contributed by atoms with Gasteiger partial charge in [0.25, 0.3) is 0 Å². The summed E-state index contributed by atoms with van der Waals surface area (Å²) < 4.78 is 5.48. The SMILES string of the molecule is COc1c(C)cccc1Nc1ncnc2c(C)cccc12. The minimum absolute atomic E-state index is 0.785. The van der Waals surface area contributed by atoms with Crippen molar-refractivity contribution in [3.05, 3.63) is 53.9 Å². The number of nitrogens with one attached hydrogen (secondary N) is 1. The number of benzene rings is 2. The van der Waals surface area contributed by atoms with E-state index in [2.05, 4.69) is 15.3 Å². The summed E-state index contributed by atoms with van der Waals surface area (Å²) in [5.74, 6) is 1.62. The van der Waals surface area contributed by atoms with E-state index in [9.17, 15) is 0 Å². The molecule has 0 radical (unpaired) electrons. The molecule has 0 atom stereocenters. The number of methoxy groups -OCH3 is 1. The number of nitrogens with zero attached hydrogens (tertiary/aromatic N) is 2. The molecule has 0 bridgehead atoms. The molecule has 0 aliphatic heterocycles. The van der Waals surface area contributed by atoms with Gasteiger partial charge in [-0.15, -0.1) is 0 Å². The number of aromatic nitrogens is 2. The van der Waals surface area contributed by atoms with Gasteiger partial charge in [-0.25, -0.2) is 9.97 Å². The van der Waals surface area contributed by atoms with Crippen LogP contribution in [0.2, 0.25) is 0 Å². The Morgan fingerprint density at radius 1 is 0.952 bits per heavy atom. The van der Waals surface area contributed by atoms with Crippen LogP contribution in [0.5, 0.6) is 5.75 Å². The van der Waals surface area contributed by atoms with Gasteiger partial charge < -0.3 is 10.1 Å². The van der Waals surface area contributed by atoms with Crippen LogP contribution in [0.1, 0.15) is 11.1 Å². The van der Waals surface area contributed by atoms with E-state index in [-0.39, 0.29) is 0 Å². The molecule has 0 aliphatic rings. The Morgan fingerprint density at radius 3 is 2.52 bits per heavy atom. The first-order valence-corrected chi connectivity index (χ1v) is 6.81. The number of ether oxygens (including phenoxy) is 1. The average Bonchev–Trinajstić information content (AvgIpc) is 2.49. The summed E-state index contributed by atoms with van der Waals surface area (Å²) in [5.41, 5.74) is 4.08. The topological polar surface area (TPSA) is 47.0 Å². The highest BCUT2D eigenvalue weighted by Gasteiger charge is 2.10. The van der Waals surface area contributed by atoms with Crippen molar-refractivity contribution in [3.63, 3.8) is 0 Å². The fourth-order valence-electron chi connectivity index (χ4n) is 2.48. The van der Waals surface area contributed by atoms with Crippen LogP contribution in [0.25, 0.3) is 10.9 Å². The molecule has 1 N–H and O–H groups in total. The number of rotatable bonds is 3. The molecule has 0 saturated heterocycles. The Morgan fingerprint density at radius 2 is 1.71 bits per heavy atom. The first-order valence-electron chi connectivity index (χ1n) is 6.81. The molecule has 4 heteroatoms. The van der Waals surface area contributed by atoms with Gasteiger partial charge in [-0.1, -0.05) is 24.3 Å². The minimum atomic E-state index is 0.785. The molecule has 1 heterocycles. The van der Waals surface area contributed by atoms with Crippen molar-refractivity contribution < 1.29 is 4.74 Å². The summed E-state index contributed by atoms with van der Waals surface area (Å²) in [4.78, 5) is 8.73. The van der Waals surface area contributed by atoms with E-state index < -0.39 is 0 Å². The first kappa shape index (κ1) is 13.4. The Balaban J connectivity index is 2.11. The monoisotopic (exact) mass is 279 g/mol. The van der Waals surface area contributed by atoms with Crippen molar-refractivity contribution in [2.45, 2.75) is 13.8 Å². The maximum atomic E-state index is 5.48. The van der Waals surface area contributed by atoms with Crippen molar-refractivity contribution in [1.82, 2.24) is 9.97 Å². The third-order valence-corrected chi connectivity index (χ3v) is 3.54. The van der Waals surface area contributed by atoms with E-state index >= 15 is 0 Å². The van der Waals surface area contributed by atoms with Crippen LogP contribution < -0.4 is 10.1 Å². The molecule has 0 saturated carbocycles. The van der Waals surface area contributed by atoms with Gasteiger partial charge in [-0.05, 0) is 37.1 Å². The first-order chi connectivity index (χ1) is 10.2. The standard InChI is InChI=1S/C17H17N3O/c1-11-6-4-8-13-15(11)18-10-19-17(13)20-14-9-5-7-12(2)16(14)21-3/h4-10H,1-3H3,(H,18,19,20). The van der Waals surface area contributed by atoms with Crippen molar-refractivity contribution in [2.24, 2.45) is 0 Å². The van der Waals surface area contributed by atoms with E-state index in [4.69, 9.17) is 4.74 Å². The van der Waals surface area contributed by atoms with Gasteiger partial charge >= 0.3 is 0 Å². The zero-order valence-electron chi connectivity index (χ0n) is 12.3. The van der Waals surface area contributed by atoms with Crippen molar-refractivity contribution in [1.29, 1.82) is 0 Å². The van der Waals surface area contributed by atoms with Gasteiger partial charge in [0.2, 0.25) is 0 Å². The summed E-state index contributed by atoms with van der Waals surface area (Å²) in [6, 6.07) is 12.1. The molecular weight excluding hydrogens is 262 g/mol. The average molecular weight is 279 g/mol. The summed E-state index contributed by atoms with van der Waals surface area (Å²) in [6.45, 7) is 4.07. The number of anilines is 2. The molecule has 21 heavy (non-hydrogen) atoms. The molecule has 4 nitrogen and oxygen atoms in total. The van der Waals surface area contributed by atoms with Gasteiger partial charge in [-0.2, -0.15) is 0 Å². The van der Waals surface area contributed by atoms with Crippen LogP contribution in [0, 0.1) is 13.8 Å². The normalized spacial score (nSPS) is 10.6. The fraction of sp³-hybridized carbons (Fsp3) is 0.176. The lowest BCUT2D eigenvalue weighted by molar-refractivity contribution is 0.414. The zero-order chi connectivity index (χ0) is 14.8. The third kappa shape index (κ3) is 2.40. The third-order valence-electron chi connectivity index (χ3n) is 3.54. The number of hydrogen-bond donors (Lipinski definition) is 1. The van der Waals surface area contributed by atoms with Gasteiger partial charge in [-0.3, -0.25) is 0 Å². The van der Waals surface area contributed by atoms with Crippen LogP contribution in [0.15, 0.2) is 42.7 Å². The van der Waals surface area contributed by atoms with E-state index in [0.29, 0.717) is 0 Å². The molecule has 2 aromatic carbocycles. The lowest BCUT2D eigenvalue weighted by atomic mass is 10.1. The summed E-state index contributed by atoms with van der Waals surface area (Å²) in [5, 5.41) is 4.36. The number of hydrogen-bond acceptors (Lipinski definition) is 4. The Hall–Kier alpha value is -2.62. The maximum Gasteiger partial charge on any atom is 0.145 e. The van der Waals surface area contributed by atoms with Crippen LogP contribution in [-0.4, -0.2) is 17.1 Å². The van der Waals surface area contributed by atoms with E-state index in [1.54, 1.807) is 13.4 Å². The molecule has 0 spiro atoms. The molecule has 1 aromatic heterocycles. The predicted molar refractivity (Wildman–Crippen MR) is 85.3 cm³/mol. The molecule has 0 aliphatic carbocycles.